The zero-order chi connectivity index (χ0) is 14.1. The van der Waals surface area contributed by atoms with Crippen molar-refractivity contribution in [3.05, 3.63) is 0 Å². The minimum Gasteiger partial charge on any atom is -0.396 e. The zero-order valence-electron chi connectivity index (χ0n) is 13.5. The van der Waals surface area contributed by atoms with Crippen LogP contribution in [0.2, 0.25) is 0 Å². The molecule has 114 valence electrons. The highest BCUT2D eigenvalue weighted by atomic mass is 16.3. The van der Waals surface area contributed by atoms with Gasteiger partial charge in [-0.2, -0.15) is 0 Å². The number of aliphatic hydroxyl groups excluding tert-OH is 1. The Bertz CT molecular complexity index is 221. The molecule has 0 aromatic carbocycles. The summed E-state index contributed by atoms with van der Waals surface area (Å²) in [5.74, 6) is 0. The minimum atomic E-state index is 0.188. The van der Waals surface area contributed by atoms with Crippen LogP contribution in [0.1, 0.15) is 78.6 Å². The molecule has 0 aromatic heterocycles. The maximum Gasteiger partial charge on any atom is 0.0499 e. The molecular weight excluding hydrogens is 234 g/mol. The summed E-state index contributed by atoms with van der Waals surface area (Å²) < 4.78 is 0. The van der Waals surface area contributed by atoms with Crippen LogP contribution >= 0.6 is 0 Å². The van der Waals surface area contributed by atoms with E-state index in [2.05, 4.69) is 25.7 Å². The van der Waals surface area contributed by atoms with Crippen LogP contribution in [0.4, 0.5) is 0 Å². The maximum absolute atomic E-state index is 9.97. The summed E-state index contributed by atoms with van der Waals surface area (Å²) in [5, 5.41) is 9.97. The first-order chi connectivity index (χ1) is 9.17. The quantitative estimate of drug-likeness (QED) is 0.667. The topological polar surface area (TPSA) is 23.5 Å². The minimum absolute atomic E-state index is 0.188. The molecule has 1 fully saturated rings. The van der Waals surface area contributed by atoms with Gasteiger partial charge in [0.1, 0.15) is 0 Å². The van der Waals surface area contributed by atoms with E-state index in [1.807, 2.05) is 0 Å². The molecule has 0 aromatic rings. The third-order valence-corrected chi connectivity index (χ3v) is 5.05. The summed E-state index contributed by atoms with van der Waals surface area (Å²) in [6.45, 7) is 9.58. The van der Waals surface area contributed by atoms with E-state index in [0.29, 0.717) is 12.6 Å². The molecule has 0 saturated heterocycles. The summed E-state index contributed by atoms with van der Waals surface area (Å²) in [5.41, 5.74) is 0.188. The molecule has 0 aliphatic heterocycles. The second-order valence-electron chi connectivity index (χ2n) is 6.65. The maximum atomic E-state index is 9.97. The predicted molar refractivity (Wildman–Crippen MR) is 83.5 cm³/mol. The van der Waals surface area contributed by atoms with Crippen LogP contribution in [-0.2, 0) is 0 Å². The van der Waals surface area contributed by atoms with E-state index >= 15 is 0 Å². The predicted octanol–water partition coefficient (Wildman–Crippen LogP) is 4.22. The van der Waals surface area contributed by atoms with Crippen molar-refractivity contribution in [3.8, 4) is 0 Å². The Labute approximate surface area is 120 Å². The average molecular weight is 269 g/mol. The summed E-state index contributed by atoms with van der Waals surface area (Å²) in [6, 6.07) is 0.651. The first-order valence-electron chi connectivity index (χ1n) is 8.52. The summed E-state index contributed by atoms with van der Waals surface area (Å²) in [6.07, 6.45) is 11.5. The SMILES string of the molecule is CCCCN(CC1(CO)CCCCCC1)C(C)CC. The lowest BCUT2D eigenvalue weighted by molar-refractivity contribution is 0.0428. The smallest absolute Gasteiger partial charge is 0.0499 e. The van der Waals surface area contributed by atoms with E-state index in [1.54, 1.807) is 0 Å². The van der Waals surface area contributed by atoms with Crippen molar-refractivity contribution >= 4 is 0 Å². The van der Waals surface area contributed by atoms with Crippen LogP contribution in [0.25, 0.3) is 0 Å². The average Bonchev–Trinajstić information content (AvgIpc) is 2.68. The molecule has 1 unspecified atom stereocenters. The number of nitrogens with zero attached hydrogens (tertiary/aromatic N) is 1. The summed E-state index contributed by atoms with van der Waals surface area (Å²) in [7, 11) is 0. The van der Waals surface area contributed by atoms with Crippen LogP contribution in [0.3, 0.4) is 0 Å². The number of unbranched alkanes of at least 4 members (excludes halogenated alkanes) is 1. The van der Waals surface area contributed by atoms with Crippen molar-refractivity contribution in [3.63, 3.8) is 0 Å². The highest BCUT2D eigenvalue weighted by Gasteiger charge is 2.33. The Morgan fingerprint density at radius 1 is 1.11 bits per heavy atom. The number of aliphatic hydroxyl groups is 1. The third kappa shape index (κ3) is 5.43. The van der Waals surface area contributed by atoms with Gasteiger partial charge in [-0.05, 0) is 39.2 Å². The monoisotopic (exact) mass is 269 g/mol. The van der Waals surface area contributed by atoms with Crippen molar-refractivity contribution in [2.24, 2.45) is 5.41 Å². The lowest BCUT2D eigenvalue weighted by Crippen LogP contribution is -2.44. The van der Waals surface area contributed by atoms with Gasteiger partial charge in [0, 0.05) is 24.6 Å². The van der Waals surface area contributed by atoms with E-state index in [4.69, 9.17) is 0 Å². The summed E-state index contributed by atoms with van der Waals surface area (Å²) in [4.78, 5) is 2.64. The van der Waals surface area contributed by atoms with Crippen LogP contribution in [0.5, 0.6) is 0 Å². The van der Waals surface area contributed by atoms with E-state index in [0.717, 1.165) is 6.54 Å². The van der Waals surface area contributed by atoms with Gasteiger partial charge < -0.3 is 10.0 Å². The van der Waals surface area contributed by atoms with Crippen molar-refractivity contribution in [2.75, 3.05) is 19.7 Å². The van der Waals surface area contributed by atoms with E-state index in [9.17, 15) is 5.11 Å². The number of hydrogen-bond acceptors (Lipinski definition) is 2. The largest absolute Gasteiger partial charge is 0.396 e. The Morgan fingerprint density at radius 3 is 2.21 bits per heavy atom. The van der Waals surface area contributed by atoms with Crippen molar-refractivity contribution in [2.45, 2.75) is 84.6 Å². The zero-order valence-corrected chi connectivity index (χ0v) is 13.5. The van der Waals surface area contributed by atoms with Gasteiger partial charge in [0.05, 0.1) is 0 Å². The molecule has 1 aliphatic rings. The molecule has 0 spiro atoms. The molecule has 1 N–H and O–H groups in total. The molecule has 1 rings (SSSR count). The molecule has 0 radical (unpaired) electrons. The first-order valence-corrected chi connectivity index (χ1v) is 8.52. The van der Waals surface area contributed by atoms with E-state index < -0.39 is 0 Å². The van der Waals surface area contributed by atoms with Crippen LogP contribution < -0.4 is 0 Å². The van der Waals surface area contributed by atoms with Gasteiger partial charge in [-0.3, -0.25) is 0 Å². The summed E-state index contributed by atoms with van der Waals surface area (Å²) >= 11 is 0. The number of rotatable bonds is 8. The van der Waals surface area contributed by atoms with Gasteiger partial charge in [-0.1, -0.05) is 46.0 Å². The Morgan fingerprint density at radius 2 is 1.74 bits per heavy atom. The molecule has 1 saturated carbocycles. The fraction of sp³-hybridized carbons (Fsp3) is 1.00. The van der Waals surface area contributed by atoms with Gasteiger partial charge in [-0.25, -0.2) is 0 Å². The van der Waals surface area contributed by atoms with Gasteiger partial charge in [-0.15, -0.1) is 0 Å². The fourth-order valence-electron chi connectivity index (χ4n) is 3.35. The van der Waals surface area contributed by atoms with Gasteiger partial charge >= 0.3 is 0 Å². The Kier molecular flexibility index (Phi) is 8.01. The van der Waals surface area contributed by atoms with E-state index in [1.165, 1.54) is 64.3 Å². The first kappa shape index (κ1) is 17.0. The second kappa shape index (κ2) is 8.97. The van der Waals surface area contributed by atoms with Crippen molar-refractivity contribution in [1.29, 1.82) is 0 Å². The lowest BCUT2D eigenvalue weighted by atomic mass is 9.80. The molecule has 19 heavy (non-hydrogen) atoms. The van der Waals surface area contributed by atoms with Crippen LogP contribution in [0.15, 0.2) is 0 Å². The molecule has 0 amide bonds. The van der Waals surface area contributed by atoms with Crippen molar-refractivity contribution in [1.82, 2.24) is 4.90 Å². The molecular formula is C17H35NO. The van der Waals surface area contributed by atoms with Crippen LogP contribution in [-0.4, -0.2) is 35.7 Å². The highest BCUT2D eigenvalue weighted by molar-refractivity contribution is 4.85. The standard InChI is InChI=1S/C17H35NO/c1-4-6-13-18(16(3)5-2)14-17(15-19)11-9-7-8-10-12-17/h16,19H,4-15H2,1-3H3. The second-order valence-corrected chi connectivity index (χ2v) is 6.65. The van der Waals surface area contributed by atoms with Gasteiger partial charge in [0.25, 0.3) is 0 Å². The van der Waals surface area contributed by atoms with Gasteiger partial charge in [0.15, 0.2) is 0 Å². The van der Waals surface area contributed by atoms with Gasteiger partial charge in [0.2, 0.25) is 0 Å². The van der Waals surface area contributed by atoms with Crippen molar-refractivity contribution < 1.29 is 5.11 Å². The Balaban J connectivity index is 2.66. The molecule has 0 bridgehead atoms. The molecule has 1 atom stereocenters. The Hall–Kier alpha value is -0.0800. The van der Waals surface area contributed by atoms with Crippen LogP contribution in [0, 0.1) is 5.41 Å². The highest BCUT2D eigenvalue weighted by Crippen LogP contribution is 2.36. The molecule has 2 heteroatoms. The third-order valence-electron chi connectivity index (χ3n) is 5.05. The normalized spacial score (nSPS) is 21.3. The fourth-order valence-corrected chi connectivity index (χ4v) is 3.35. The molecule has 2 nitrogen and oxygen atoms in total. The lowest BCUT2D eigenvalue weighted by Gasteiger charge is -2.39. The van der Waals surface area contributed by atoms with E-state index in [-0.39, 0.29) is 5.41 Å². The molecule has 1 aliphatic carbocycles. The number of hydrogen-bond donors (Lipinski definition) is 1. The molecule has 0 heterocycles.